The summed E-state index contributed by atoms with van der Waals surface area (Å²) in [6, 6.07) is 7.55. The molecule has 0 unspecified atom stereocenters. The molecule has 0 saturated carbocycles. The maximum Gasteiger partial charge on any atom is 0.273 e. The Bertz CT molecular complexity index is 1050. The molecular weight excluding hydrogens is 350 g/mol. The molecule has 0 aliphatic carbocycles. The number of amides is 1. The molecule has 1 aromatic heterocycles. The lowest BCUT2D eigenvalue weighted by atomic mass is 9.91. The van der Waals surface area contributed by atoms with Gasteiger partial charge in [-0.3, -0.25) is 24.3 Å². The number of carbonyl (C=O) groups excluding carboxylic acids is 1. The number of fused-ring (bicyclic) bond motifs is 1. The van der Waals surface area contributed by atoms with E-state index < -0.39 is 10.5 Å². The van der Waals surface area contributed by atoms with E-state index in [4.69, 9.17) is 4.74 Å². The number of nitrogens with one attached hydrogen (secondary N) is 1. The fourth-order valence-corrected chi connectivity index (χ4v) is 3.23. The predicted octanol–water partition coefficient (Wildman–Crippen LogP) is 2.59. The summed E-state index contributed by atoms with van der Waals surface area (Å²) in [4.78, 5) is 35.3. The van der Waals surface area contributed by atoms with Crippen molar-refractivity contribution in [2.24, 2.45) is 0 Å². The average molecular weight is 369 g/mol. The molecule has 2 heterocycles. The van der Waals surface area contributed by atoms with Crippen molar-refractivity contribution < 1.29 is 14.5 Å². The minimum absolute atomic E-state index is 0.0966. The molecule has 0 fully saturated rings. The summed E-state index contributed by atoms with van der Waals surface area (Å²) in [5, 5.41) is 14.2. The van der Waals surface area contributed by atoms with Gasteiger partial charge in [0.1, 0.15) is 11.4 Å². The van der Waals surface area contributed by atoms with E-state index in [0.717, 1.165) is 0 Å². The molecule has 8 nitrogen and oxygen atoms in total. The summed E-state index contributed by atoms with van der Waals surface area (Å²) in [6.07, 6.45) is 1.56. The third-order valence-corrected chi connectivity index (χ3v) is 4.40. The second-order valence-corrected chi connectivity index (χ2v) is 6.77. The Hall–Kier alpha value is -3.42. The summed E-state index contributed by atoms with van der Waals surface area (Å²) in [5.74, 6) is 0.0673. The number of ether oxygens (including phenoxy) is 1. The second-order valence-electron chi connectivity index (χ2n) is 6.77. The highest BCUT2D eigenvalue weighted by Gasteiger charge is 2.39. The van der Waals surface area contributed by atoms with Crippen LogP contribution >= 0.6 is 0 Å². The highest BCUT2D eigenvalue weighted by molar-refractivity contribution is 5.85. The van der Waals surface area contributed by atoms with Gasteiger partial charge in [-0.15, -0.1) is 0 Å². The minimum atomic E-state index is -0.966. The fraction of sp³-hybridized carbons (Fsp3) is 0.263. The maximum atomic E-state index is 12.5. The average Bonchev–Trinajstić information content (AvgIpc) is 2.56. The first-order chi connectivity index (χ1) is 12.6. The van der Waals surface area contributed by atoms with Gasteiger partial charge in [-0.05, 0) is 32.9 Å². The number of hydrogen-bond donors (Lipinski definition) is 1. The maximum absolute atomic E-state index is 12.5. The van der Waals surface area contributed by atoms with E-state index in [1.807, 2.05) is 0 Å². The SMILES string of the molecule is CC(=O)NC1=C(n2ccccc2=O)c2c(ccc([N+](=O)[O-])c2C)OC1(C)C. The van der Waals surface area contributed by atoms with E-state index in [2.05, 4.69) is 5.32 Å². The van der Waals surface area contributed by atoms with Crippen LogP contribution in [0.15, 0.2) is 47.0 Å². The first kappa shape index (κ1) is 18.4. The molecule has 0 saturated heterocycles. The lowest BCUT2D eigenvalue weighted by Crippen LogP contribution is -2.44. The number of carbonyl (C=O) groups is 1. The lowest BCUT2D eigenvalue weighted by molar-refractivity contribution is -0.385. The van der Waals surface area contributed by atoms with Crippen molar-refractivity contribution >= 4 is 17.3 Å². The van der Waals surface area contributed by atoms with Gasteiger partial charge in [0.05, 0.1) is 21.9 Å². The van der Waals surface area contributed by atoms with Crippen molar-refractivity contribution in [3.05, 3.63) is 73.8 Å². The van der Waals surface area contributed by atoms with Crippen molar-refractivity contribution in [2.75, 3.05) is 0 Å². The van der Waals surface area contributed by atoms with Gasteiger partial charge in [-0.25, -0.2) is 0 Å². The summed E-state index contributed by atoms with van der Waals surface area (Å²) >= 11 is 0. The van der Waals surface area contributed by atoms with Gasteiger partial charge < -0.3 is 10.1 Å². The standard InChI is InChI=1S/C19H19N3O5/c1-11-13(22(25)26)8-9-14-16(11)17(21-10-6-5-7-15(21)24)18(20-12(2)23)19(3,4)27-14/h5-10H,1-4H3,(H,20,23). The Morgan fingerprint density at radius 2 is 1.96 bits per heavy atom. The topological polar surface area (TPSA) is 103 Å². The van der Waals surface area contributed by atoms with Crippen LogP contribution in [-0.4, -0.2) is 21.0 Å². The molecule has 0 atom stereocenters. The molecule has 1 aliphatic rings. The molecule has 140 valence electrons. The molecule has 0 radical (unpaired) electrons. The molecule has 1 N–H and O–H groups in total. The first-order valence-corrected chi connectivity index (χ1v) is 8.31. The minimum Gasteiger partial charge on any atom is -0.481 e. The number of nitro groups is 1. The summed E-state index contributed by atoms with van der Waals surface area (Å²) in [7, 11) is 0. The van der Waals surface area contributed by atoms with Crippen molar-refractivity contribution in [1.82, 2.24) is 9.88 Å². The van der Waals surface area contributed by atoms with Crippen molar-refractivity contribution in [3.63, 3.8) is 0 Å². The molecular formula is C19H19N3O5. The van der Waals surface area contributed by atoms with E-state index in [0.29, 0.717) is 28.3 Å². The Balaban J connectivity index is 2.47. The van der Waals surface area contributed by atoms with E-state index in [-0.39, 0.29) is 17.2 Å². The molecule has 8 heteroatoms. The lowest BCUT2D eigenvalue weighted by Gasteiger charge is -2.37. The third kappa shape index (κ3) is 3.10. The van der Waals surface area contributed by atoms with Crippen LogP contribution in [0.3, 0.4) is 0 Å². The highest BCUT2D eigenvalue weighted by atomic mass is 16.6. The van der Waals surface area contributed by atoms with Gasteiger partial charge in [0.25, 0.3) is 11.2 Å². The number of nitro benzene ring substituents is 1. The third-order valence-electron chi connectivity index (χ3n) is 4.40. The van der Waals surface area contributed by atoms with E-state index >= 15 is 0 Å². The smallest absolute Gasteiger partial charge is 0.273 e. The van der Waals surface area contributed by atoms with Crippen LogP contribution in [0, 0.1) is 17.0 Å². The molecule has 27 heavy (non-hydrogen) atoms. The Morgan fingerprint density at radius 1 is 1.26 bits per heavy atom. The normalized spacial score (nSPS) is 15.0. The quantitative estimate of drug-likeness (QED) is 0.661. The van der Waals surface area contributed by atoms with E-state index in [1.54, 1.807) is 39.1 Å². The van der Waals surface area contributed by atoms with Crippen molar-refractivity contribution in [3.8, 4) is 5.75 Å². The highest BCUT2D eigenvalue weighted by Crippen LogP contribution is 2.44. The number of pyridine rings is 1. The largest absolute Gasteiger partial charge is 0.481 e. The van der Waals surface area contributed by atoms with Gasteiger partial charge in [0.15, 0.2) is 0 Å². The van der Waals surface area contributed by atoms with Crippen LogP contribution in [-0.2, 0) is 4.79 Å². The zero-order valence-corrected chi connectivity index (χ0v) is 15.4. The monoisotopic (exact) mass is 369 g/mol. The van der Waals surface area contributed by atoms with Gasteiger partial charge >= 0.3 is 0 Å². The summed E-state index contributed by atoms with van der Waals surface area (Å²) in [6.45, 7) is 6.46. The number of nitrogens with zero attached hydrogens (tertiary/aromatic N) is 2. The zero-order chi connectivity index (χ0) is 19.9. The van der Waals surface area contributed by atoms with Crippen LogP contribution in [0.1, 0.15) is 31.9 Å². The van der Waals surface area contributed by atoms with Crippen LogP contribution in [0.4, 0.5) is 5.69 Å². The Labute approximate surface area is 155 Å². The van der Waals surface area contributed by atoms with Gasteiger partial charge in [-0.1, -0.05) is 6.07 Å². The van der Waals surface area contributed by atoms with E-state index in [9.17, 15) is 19.7 Å². The number of benzene rings is 1. The van der Waals surface area contributed by atoms with Gasteiger partial charge in [0.2, 0.25) is 5.91 Å². The number of aromatic nitrogens is 1. The van der Waals surface area contributed by atoms with Crippen molar-refractivity contribution in [1.29, 1.82) is 0 Å². The molecule has 1 amide bonds. The second kappa shape index (κ2) is 6.39. The van der Waals surface area contributed by atoms with Gasteiger partial charge in [0, 0.05) is 30.8 Å². The van der Waals surface area contributed by atoms with Gasteiger partial charge in [-0.2, -0.15) is 0 Å². The van der Waals surface area contributed by atoms with Crippen LogP contribution in [0.5, 0.6) is 5.75 Å². The van der Waals surface area contributed by atoms with E-state index in [1.165, 1.54) is 29.7 Å². The Morgan fingerprint density at radius 3 is 2.56 bits per heavy atom. The Kier molecular flexibility index (Phi) is 4.35. The molecule has 3 rings (SSSR count). The first-order valence-electron chi connectivity index (χ1n) is 8.31. The zero-order valence-electron chi connectivity index (χ0n) is 15.4. The number of hydrogen-bond acceptors (Lipinski definition) is 5. The summed E-state index contributed by atoms with van der Waals surface area (Å²) < 4.78 is 7.40. The molecule has 2 aromatic rings. The summed E-state index contributed by atoms with van der Waals surface area (Å²) in [5.41, 5.74) is 0.0849. The fourth-order valence-electron chi connectivity index (χ4n) is 3.23. The molecule has 0 spiro atoms. The molecule has 0 bridgehead atoms. The van der Waals surface area contributed by atoms with Crippen molar-refractivity contribution in [2.45, 2.75) is 33.3 Å². The molecule has 1 aliphatic heterocycles. The van der Waals surface area contributed by atoms with Crippen LogP contribution in [0.25, 0.3) is 5.70 Å². The molecule has 1 aromatic carbocycles. The number of rotatable bonds is 3. The van der Waals surface area contributed by atoms with Crippen LogP contribution < -0.4 is 15.6 Å². The predicted molar refractivity (Wildman–Crippen MR) is 99.4 cm³/mol. The van der Waals surface area contributed by atoms with Crippen LogP contribution in [0.2, 0.25) is 0 Å².